The fraction of sp³-hybridized carbons (Fsp3) is 0.731. The van der Waals surface area contributed by atoms with Gasteiger partial charge >= 0.3 is 6.09 Å². The van der Waals surface area contributed by atoms with Crippen molar-refractivity contribution in [3.05, 3.63) is 23.8 Å². The van der Waals surface area contributed by atoms with Crippen molar-refractivity contribution in [2.24, 2.45) is 34.5 Å². The zero-order chi connectivity index (χ0) is 22.6. The predicted molar refractivity (Wildman–Crippen MR) is 119 cm³/mol. The topological polar surface area (TPSA) is 63.7 Å². The smallest absolute Gasteiger partial charge is 0.410 e. The molecule has 2 saturated carbocycles. The number of nitrogens with zero attached hydrogens (tertiary/aromatic N) is 1. The summed E-state index contributed by atoms with van der Waals surface area (Å²) in [6, 6.07) is 0. The number of Topliss-reactive ketones (excluding diaryl/α,β-unsaturated/α-hetero) is 1. The Balaban J connectivity index is 1.77. The molecule has 0 bridgehead atoms. The van der Waals surface area contributed by atoms with Crippen molar-refractivity contribution >= 4 is 17.7 Å². The van der Waals surface area contributed by atoms with Crippen LogP contribution < -0.4 is 0 Å². The molecule has 0 unspecified atom stereocenters. The number of hydrogen-bond donors (Lipinski definition) is 0. The Morgan fingerprint density at radius 2 is 1.90 bits per heavy atom. The van der Waals surface area contributed by atoms with Gasteiger partial charge in [-0.05, 0) is 80.8 Å². The van der Waals surface area contributed by atoms with E-state index in [4.69, 9.17) is 4.74 Å². The molecule has 5 heteroatoms. The Morgan fingerprint density at radius 1 is 1.19 bits per heavy atom. The lowest BCUT2D eigenvalue weighted by atomic mass is 9.47. The molecule has 31 heavy (non-hydrogen) atoms. The number of amides is 1. The first-order chi connectivity index (χ1) is 14.7. The van der Waals surface area contributed by atoms with Gasteiger partial charge < -0.3 is 9.64 Å². The van der Waals surface area contributed by atoms with E-state index in [0.717, 1.165) is 31.3 Å². The molecule has 0 spiro atoms. The van der Waals surface area contributed by atoms with Crippen molar-refractivity contribution < 1.29 is 19.1 Å². The lowest BCUT2D eigenvalue weighted by molar-refractivity contribution is -0.136. The fourth-order valence-electron chi connectivity index (χ4n) is 7.56. The van der Waals surface area contributed by atoms with Crippen molar-refractivity contribution in [3.8, 4) is 0 Å². The van der Waals surface area contributed by atoms with Crippen LogP contribution in [0.4, 0.5) is 4.79 Å². The highest BCUT2D eigenvalue weighted by Crippen LogP contribution is 2.65. The van der Waals surface area contributed by atoms with Gasteiger partial charge in [0, 0.05) is 31.3 Å². The Kier molecular flexibility index (Phi) is 5.68. The van der Waals surface area contributed by atoms with E-state index in [-0.39, 0.29) is 52.3 Å². The third kappa shape index (κ3) is 3.39. The molecule has 2 fully saturated rings. The maximum atomic E-state index is 13.0. The summed E-state index contributed by atoms with van der Waals surface area (Å²) in [6.07, 6.45) is 9.72. The van der Waals surface area contributed by atoms with Gasteiger partial charge in [0.05, 0.1) is 0 Å². The van der Waals surface area contributed by atoms with Gasteiger partial charge in [-0.25, -0.2) is 4.79 Å². The van der Waals surface area contributed by atoms with Gasteiger partial charge in [0.15, 0.2) is 5.78 Å². The van der Waals surface area contributed by atoms with Crippen LogP contribution in [0.3, 0.4) is 0 Å². The molecule has 4 aliphatic rings. The van der Waals surface area contributed by atoms with E-state index in [1.165, 1.54) is 0 Å². The first-order valence-electron chi connectivity index (χ1n) is 12.0. The SMILES string of the molecule is CCN(CC)C(=O)O[C@H]1C[C@]2(C)[C@@H](C(C)=O)CC[C@H]2[C@@H]2C=CC3=CC(=O)CC[C@@]3(C)[C@@H]21. The molecule has 0 aromatic carbocycles. The summed E-state index contributed by atoms with van der Waals surface area (Å²) in [5.74, 6) is 1.27. The Labute approximate surface area is 186 Å². The van der Waals surface area contributed by atoms with Crippen LogP contribution in [0.5, 0.6) is 0 Å². The molecule has 0 heterocycles. The molecule has 7 atom stereocenters. The lowest BCUT2D eigenvalue weighted by Crippen LogP contribution is -2.57. The van der Waals surface area contributed by atoms with Gasteiger partial charge in [0.25, 0.3) is 0 Å². The minimum atomic E-state index is -0.260. The maximum Gasteiger partial charge on any atom is 0.410 e. The van der Waals surface area contributed by atoms with Crippen LogP contribution in [0.2, 0.25) is 0 Å². The van der Waals surface area contributed by atoms with Crippen molar-refractivity contribution in [1.82, 2.24) is 4.90 Å². The molecular formula is C26H37NO4. The number of allylic oxidation sites excluding steroid dienone is 4. The largest absolute Gasteiger partial charge is 0.446 e. The van der Waals surface area contributed by atoms with Gasteiger partial charge in [0.2, 0.25) is 0 Å². The van der Waals surface area contributed by atoms with Crippen LogP contribution >= 0.6 is 0 Å². The Bertz CT molecular complexity index is 840. The molecule has 0 N–H and O–H groups in total. The first kappa shape index (κ1) is 22.3. The fourth-order valence-corrected chi connectivity index (χ4v) is 7.56. The van der Waals surface area contributed by atoms with E-state index in [2.05, 4.69) is 26.0 Å². The van der Waals surface area contributed by atoms with Crippen molar-refractivity contribution in [2.75, 3.05) is 13.1 Å². The molecule has 170 valence electrons. The van der Waals surface area contributed by atoms with Gasteiger partial charge in [-0.2, -0.15) is 0 Å². The van der Waals surface area contributed by atoms with Gasteiger partial charge in [-0.1, -0.05) is 26.0 Å². The number of carbonyl (C=O) groups is 3. The molecule has 0 aromatic rings. The maximum absolute atomic E-state index is 13.0. The number of fused-ring (bicyclic) bond motifs is 5. The molecule has 0 aromatic heterocycles. The summed E-state index contributed by atoms with van der Waals surface area (Å²) in [5.41, 5.74) is 0.740. The molecule has 4 aliphatic carbocycles. The minimum absolute atomic E-state index is 0.0270. The van der Waals surface area contributed by atoms with E-state index in [0.29, 0.717) is 25.4 Å². The molecule has 0 radical (unpaired) electrons. The van der Waals surface area contributed by atoms with Crippen LogP contribution in [-0.4, -0.2) is 41.8 Å². The Hall–Kier alpha value is -1.91. The van der Waals surface area contributed by atoms with E-state index in [9.17, 15) is 14.4 Å². The number of ketones is 2. The number of ether oxygens (including phenoxy) is 1. The van der Waals surface area contributed by atoms with Gasteiger partial charge in [-0.15, -0.1) is 0 Å². The average molecular weight is 428 g/mol. The van der Waals surface area contributed by atoms with Gasteiger partial charge in [-0.3, -0.25) is 9.59 Å². The van der Waals surface area contributed by atoms with E-state index >= 15 is 0 Å². The molecule has 5 nitrogen and oxygen atoms in total. The Morgan fingerprint density at radius 3 is 2.55 bits per heavy atom. The third-order valence-corrected chi connectivity index (χ3v) is 9.20. The molecule has 0 aliphatic heterocycles. The highest BCUT2D eigenvalue weighted by Gasteiger charge is 2.63. The summed E-state index contributed by atoms with van der Waals surface area (Å²) in [7, 11) is 0. The minimum Gasteiger partial charge on any atom is -0.446 e. The van der Waals surface area contributed by atoms with Crippen LogP contribution in [-0.2, 0) is 14.3 Å². The van der Waals surface area contributed by atoms with Crippen LogP contribution in [0.15, 0.2) is 23.8 Å². The molecular weight excluding hydrogens is 390 g/mol. The van der Waals surface area contributed by atoms with Crippen molar-refractivity contribution in [2.45, 2.75) is 72.8 Å². The highest BCUT2D eigenvalue weighted by molar-refractivity contribution is 5.92. The second-order valence-electron chi connectivity index (χ2n) is 10.6. The van der Waals surface area contributed by atoms with Crippen molar-refractivity contribution in [1.29, 1.82) is 0 Å². The average Bonchev–Trinajstić information content (AvgIpc) is 3.06. The predicted octanol–water partition coefficient (Wildman–Crippen LogP) is 4.96. The summed E-state index contributed by atoms with van der Waals surface area (Å²) in [4.78, 5) is 39.5. The number of carbonyl (C=O) groups excluding carboxylic acids is 3. The lowest BCUT2D eigenvalue weighted by Gasteiger charge is -2.58. The monoisotopic (exact) mass is 427 g/mol. The molecule has 0 saturated heterocycles. The third-order valence-electron chi connectivity index (χ3n) is 9.20. The summed E-state index contributed by atoms with van der Waals surface area (Å²) >= 11 is 0. The van der Waals surface area contributed by atoms with Crippen LogP contribution in [0.25, 0.3) is 0 Å². The van der Waals surface area contributed by atoms with Gasteiger partial charge in [0.1, 0.15) is 11.9 Å². The molecule has 4 rings (SSSR count). The van der Waals surface area contributed by atoms with Crippen molar-refractivity contribution in [3.63, 3.8) is 0 Å². The second-order valence-corrected chi connectivity index (χ2v) is 10.6. The van der Waals surface area contributed by atoms with E-state index in [1.807, 2.05) is 13.8 Å². The molecule has 1 amide bonds. The van der Waals surface area contributed by atoms with Crippen LogP contribution in [0, 0.1) is 34.5 Å². The van der Waals surface area contributed by atoms with Crippen LogP contribution in [0.1, 0.15) is 66.7 Å². The first-order valence-corrected chi connectivity index (χ1v) is 12.0. The summed E-state index contributed by atoms with van der Waals surface area (Å²) in [6.45, 7) is 11.4. The second kappa shape index (κ2) is 7.90. The summed E-state index contributed by atoms with van der Waals surface area (Å²) < 4.78 is 6.28. The zero-order valence-electron chi connectivity index (χ0n) is 19.6. The number of rotatable bonds is 4. The standard InChI is InChI=1S/C26H37NO4/c1-6-27(7-2)24(30)31-22-15-26(5)20(16(3)28)10-11-21(26)19-9-8-17-14-18(29)12-13-25(17,4)23(19)22/h8-9,14,19-23H,6-7,10-13,15H2,1-5H3/t19-,20+,21-,22-,23-,25+,26+/m0/s1. The van der Waals surface area contributed by atoms with E-state index in [1.54, 1.807) is 17.9 Å². The van der Waals surface area contributed by atoms with E-state index < -0.39 is 0 Å². The zero-order valence-corrected chi connectivity index (χ0v) is 19.6. The summed E-state index contributed by atoms with van der Waals surface area (Å²) in [5, 5.41) is 0. The highest BCUT2D eigenvalue weighted by atomic mass is 16.6. The number of hydrogen-bond acceptors (Lipinski definition) is 4. The quantitative estimate of drug-likeness (QED) is 0.636. The normalized spacial score (nSPS) is 41.0.